The first-order valence-corrected chi connectivity index (χ1v) is 9.57. The summed E-state index contributed by atoms with van der Waals surface area (Å²) in [4.78, 5) is 7.57. The van der Waals surface area contributed by atoms with E-state index < -0.39 is 0 Å². The Balaban J connectivity index is 1.73. The van der Waals surface area contributed by atoms with Crippen LogP contribution in [0, 0.1) is 12.7 Å². The second-order valence-corrected chi connectivity index (χ2v) is 7.85. The Bertz CT molecular complexity index is 937. The fourth-order valence-electron chi connectivity index (χ4n) is 3.66. The molecule has 1 fully saturated rings. The number of aromatic amines is 1. The van der Waals surface area contributed by atoms with Crippen molar-refractivity contribution in [1.82, 2.24) is 24.1 Å². The van der Waals surface area contributed by atoms with Crippen LogP contribution >= 0.6 is 11.9 Å². The zero-order valence-corrected chi connectivity index (χ0v) is 15.7. The van der Waals surface area contributed by atoms with Crippen LogP contribution in [0.1, 0.15) is 24.8 Å². The van der Waals surface area contributed by atoms with Gasteiger partial charge in [0.2, 0.25) is 0 Å². The number of aliphatic hydroxyl groups is 1. The van der Waals surface area contributed by atoms with Crippen molar-refractivity contribution >= 4 is 22.9 Å². The van der Waals surface area contributed by atoms with Gasteiger partial charge in [-0.3, -0.25) is 4.68 Å². The molecule has 0 bridgehead atoms. The third kappa shape index (κ3) is 3.13. The second-order valence-electron chi connectivity index (χ2n) is 6.75. The van der Waals surface area contributed by atoms with Gasteiger partial charge < -0.3 is 10.1 Å². The number of H-pyrrole nitrogens is 1. The topological polar surface area (TPSA) is 70.0 Å². The van der Waals surface area contributed by atoms with E-state index >= 15 is 0 Å². The van der Waals surface area contributed by atoms with Gasteiger partial charge in [-0.05, 0) is 55.8 Å². The highest BCUT2D eigenvalue weighted by Gasteiger charge is 2.26. The number of rotatable bonds is 5. The van der Waals surface area contributed by atoms with Gasteiger partial charge in [-0.2, -0.15) is 5.10 Å². The Hall–Kier alpha value is -1.90. The lowest BCUT2D eigenvalue weighted by atomic mass is 10.0. The Labute approximate surface area is 155 Å². The third-order valence-electron chi connectivity index (χ3n) is 4.86. The summed E-state index contributed by atoms with van der Waals surface area (Å²) in [5, 5.41) is 15.3. The minimum atomic E-state index is -0.266. The van der Waals surface area contributed by atoms with Crippen LogP contribution in [0.25, 0.3) is 22.3 Å². The molecule has 0 unspecified atom stereocenters. The minimum absolute atomic E-state index is 0.192. The molecule has 0 spiro atoms. The number of nitrogens with zero attached hydrogens (tertiary/aromatic N) is 4. The summed E-state index contributed by atoms with van der Waals surface area (Å²) in [6.07, 6.45) is 4.62. The third-order valence-corrected chi connectivity index (χ3v) is 5.99. The molecule has 1 atom stereocenters. The van der Waals surface area contributed by atoms with Crippen LogP contribution in [-0.2, 0) is 7.05 Å². The monoisotopic (exact) mass is 375 g/mol. The average Bonchev–Trinajstić information content (AvgIpc) is 3.30. The smallest absolute Gasteiger partial charge is 0.182 e. The van der Waals surface area contributed by atoms with E-state index in [1.54, 1.807) is 23.0 Å². The minimum Gasteiger partial charge on any atom is -0.396 e. The van der Waals surface area contributed by atoms with Gasteiger partial charge in [0.15, 0.2) is 5.82 Å². The van der Waals surface area contributed by atoms with E-state index in [1.807, 2.05) is 20.0 Å². The summed E-state index contributed by atoms with van der Waals surface area (Å²) in [5.74, 6) is 0.335. The van der Waals surface area contributed by atoms with Gasteiger partial charge in [0.1, 0.15) is 12.1 Å². The van der Waals surface area contributed by atoms with Crippen LogP contribution in [-0.4, -0.2) is 48.4 Å². The molecule has 26 heavy (non-hydrogen) atoms. The summed E-state index contributed by atoms with van der Waals surface area (Å²) in [7, 11) is 1.82. The van der Waals surface area contributed by atoms with Crippen LogP contribution in [0.2, 0.25) is 0 Å². The highest BCUT2D eigenvalue weighted by atomic mass is 32.2. The molecule has 8 heteroatoms. The Kier molecular flexibility index (Phi) is 4.73. The van der Waals surface area contributed by atoms with Crippen LogP contribution in [0.15, 0.2) is 23.5 Å². The maximum absolute atomic E-state index is 14.5. The lowest BCUT2D eigenvalue weighted by Crippen LogP contribution is -2.23. The lowest BCUT2D eigenvalue weighted by Gasteiger charge is -2.21. The highest BCUT2D eigenvalue weighted by molar-refractivity contribution is 7.97. The van der Waals surface area contributed by atoms with E-state index in [1.165, 1.54) is 6.07 Å². The predicted octanol–water partition coefficient (Wildman–Crippen LogP) is 3.26. The molecule has 138 valence electrons. The van der Waals surface area contributed by atoms with Crippen molar-refractivity contribution in [1.29, 1.82) is 0 Å². The van der Waals surface area contributed by atoms with Gasteiger partial charge in [-0.1, -0.05) is 0 Å². The molecule has 2 N–H and O–H groups in total. The van der Waals surface area contributed by atoms with E-state index in [0.29, 0.717) is 17.4 Å². The number of benzene rings is 1. The van der Waals surface area contributed by atoms with Crippen molar-refractivity contribution in [3.05, 3.63) is 29.8 Å². The maximum Gasteiger partial charge on any atom is 0.182 e. The predicted molar refractivity (Wildman–Crippen MR) is 100 cm³/mol. The number of hydrogen-bond donors (Lipinski definition) is 2. The Morgan fingerprint density at radius 2 is 2.27 bits per heavy atom. The molecule has 3 aromatic rings. The molecular formula is C18H22FN5OS. The Morgan fingerprint density at radius 1 is 1.42 bits per heavy atom. The van der Waals surface area contributed by atoms with Crippen molar-refractivity contribution in [3.8, 4) is 11.4 Å². The van der Waals surface area contributed by atoms with Gasteiger partial charge in [-0.25, -0.2) is 13.7 Å². The summed E-state index contributed by atoms with van der Waals surface area (Å²) < 4.78 is 18.5. The quantitative estimate of drug-likeness (QED) is 0.670. The fraction of sp³-hybridized carbons (Fsp3) is 0.444. The van der Waals surface area contributed by atoms with Crippen LogP contribution in [0.3, 0.4) is 0 Å². The van der Waals surface area contributed by atoms with Crippen LogP contribution in [0.5, 0.6) is 0 Å². The molecule has 1 aliphatic rings. The van der Waals surface area contributed by atoms with E-state index in [2.05, 4.69) is 19.4 Å². The molecule has 1 aromatic carbocycles. The molecule has 1 saturated heterocycles. The molecule has 0 amide bonds. The number of aliphatic hydroxyl groups excluding tert-OH is 1. The van der Waals surface area contributed by atoms with E-state index in [9.17, 15) is 9.50 Å². The lowest BCUT2D eigenvalue weighted by molar-refractivity contribution is 0.251. The van der Waals surface area contributed by atoms with Crippen molar-refractivity contribution in [2.45, 2.75) is 37.3 Å². The average molecular weight is 375 g/mol. The normalized spacial score (nSPS) is 18.2. The Morgan fingerprint density at radius 3 is 3.00 bits per heavy atom. The molecule has 1 aliphatic heterocycles. The molecule has 0 radical (unpaired) electrons. The largest absolute Gasteiger partial charge is 0.396 e. The number of fused-ring (bicyclic) bond motifs is 1. The maximum atomic E-state index is 14.5. The van der Waals surface area contributed by atoms with Crippen molar-refractivity contribution in [2.75, 3.05) is 13.2 Å². The van der Waals surface area contributed by atoms with Crippen LogP contribution in [0.4, 0.5) is 4.39 Å². The van der Waals surface area contributed by atoms with Gasteiger partial charge in [-0.15, -0.1) is 0 Å². The number of nitrogens with one attached hydrogen (secondary N) is 1. The molecule has 4 rings (SSSR count). The van der Waals surface area contributed by atoms with Crippen molar-refractivity contribution < 1.29 is 9.50 Å². The SMILES string of the molecule is Cc1cc(F)c2[nH]c(SN3CCC[C@H]3CCO)cc2c1-c1ncn(C)n1. The molecule has 3 heterocycles. The number of halogens is 1. The van der Waals surface area contributed by atoms with E-state index in [0.717, 1.165) is 47.3 Å². The van der Waals surface area contributed by atoms with E-state index in [4.69, 9.17) is 0 Å². The van der Waals surface area contributed by atoms with Gasteiger partial charge in [0.25, 0.3) is 0 Å². The summed E-state index contributed by atoms with van der Waals surface area (Å²) >= 11 is 1.60. The molecule has 2 aromatic heterocycles. The van der Waals surface area contributed by atoms with Gasteiger partial charge >= 0.3 is 0 Å². The molecule has 0 saturated carbocycles. The van der Waals surface area contributed by atoms with Gasteiger partial charge in [0, 0.05) is 37.2 Å². The number of aryl methyl sites for hydroxylation is 2. The summed E-state index contributed by atoms with van der Waals surface area (Å²) in [6.45, 7) is 3.05. The standard InChI is InChI=1S/C18H22FN5OS/c1-11-8-14(19)17-13(16(11)18-20-10-23(2)22-18)9-15(21-17)26-24-6-3-4-12(24)5-7-25/h8-10,12,21,25H,3-7H2,1-2H3/t12-/m0/s1. The highest BCUT2D eigenvalue weighted by Crippen LogP contribution is 2.37. The summed E-state index contributed by atoms with van der Waals surface area (Å²) in [6, 6.07) is 3.87. The first kappa shape index (κ1) is 17.5. The van der Waals surface area contributed by atoms with E-state index in [-0.39, 0.29) is 12.4 Å². The zero-order chi connectivity index (χ0) is 18.3. The molecule has 0 aliphatic carbocycles. The zero-order valence-electron chi connectivity index (χ0n) is 14.9. The first-order valence-electron chi connectivity index (χ1n) is 8.80. The number of hydrogen-bond acceptors (Lipinski definition) is 5. The number of aromatic nitrogens is 4. The van der Waals surface area contributed by atoms with Crippen molar-refractivity contribution in [2.24, 2.45) is 7.05 Å². The van der Waals surface area contributed by atoms with Crippen molar-refractivity contribution in [3.63, 3.8) is 0 Å². The first-order chi connectivity index (χ1) is 12.6. The fourth-order valence-corrected chi connectivity index (χ4v) is 4.81. The van der Waals surface area contributed by atoms with Gasteiger partial charge in [0.05, 0.1) is 10.5 Å². The summed E-state index contributed by atoms with van der Waals surface area (Å²) in [5.41, 5.74) is 2.16. The molecule has 6 nitrogen and oxygen atoms in total. The van der Waals surface area contributed by atoms with Crippen LogP contribution < -0.4 is 0 Å². The second kappa shape index (κ2) is 7.02. The molecular weight excluding hydrogens is 353 g/mol.